The highest BCUT2D eigenvalue weighted by molar-refractivity contribution is 5.91. The molecule has 198 valence electrons. The van der Waals surface area contributed by atoms with E-state index < -0.39 is 5.91 Å². The van der Waals surface area contributed by atoms with Gasteiger partial charge < -0.3 is 15.4 Å². The molecule has 3 N–H and O–H groups in total. The predicted octanol–water partition coefficient (Wildman–Crippen LogP) is 4.91. The molecule has 0 spiro atoms. The molecule has 1 fully saturated rings. The average Bonchev–Trinajstić information content (AvgIpc) is 3.68. The number of aliphatic hydroxyl groups is 1. The molecule has 0 aliphatic carbocycles. The van der Waals surface area contributed by atoms with Crippen LogP contribution in [0.5, 0.6) is 0 Å². The van der Waals surface area contributed by atoms with E-state index in [0.717, 1.165) is 48.3 Å². The molecular formula is C32H33N5O2. The second kappa shape index (κ2) is 10.5. The Bertz CT molecular complexity index is 1620. The third-order valence-corrected chi connectivity index (χ3v) is 7.83. The number of carbonyl (C=O) groups excluding carboxylic acids is 1. The molecule has 0 saturated carbocycles. The maximum atomic E-state index is 11.5. The van der Waals surface area contributed by atoms with Gasteiger partial charge in [0.05, 0.1) is 12.3 Å². The lowest BCUT2D eigenvalue weighted by atomic mass is 10.0. The molecule has 1 aliphatic rings. The van der Waals surface area contributed by atoms with E-state index in [4.69, 9.17) is 5.73 Å². The molecule has 3 heterocycles. The molecule has 1 aliphatic heterocycles. The van der Waals surface area contributed by atoms with Crippen LogP contribution in [0.3, 0.4) is 0 Å². The van der Waals surface area contributed by atoms with Gasteiger partial charge in [-0.1, -0.05) is 48.5 Å². The Kier molecular flexibility index (Phi) is 6.77. The first kappa shape index (κ1) is 25.1. The monoisotopic (exact) mass is 519 g/mol. The van der Waals surface area contributed by atoms with Crippen molar-refractivity contribution in [1.29, 1.82) is 0 Å². The van der Waals surface area contributed by atoms with Crippen LogP contribution in [-0.4, -0.2) is 49.5 Å². The highest BCUT2D eigenvalue weighted by Gasteiger charge is 2.23. The van der Waals surface area contributed by atoms with Gasteiger partial charge in [0.25, 0.3) is 5.91 Å². The van der Waals surface area contributed by atoms with Crippen molar-refractivity contribution in [3.63, 3.8) is 0 Å². The number of carbonyl (C=O) groups is 1. The van der Waals surface area contributed by atoms with Gasteiger partial charge in [0, 0.05) is 41.9 Å². The van der Waals surface area contributed by atoms with Crippen molar-refractivity contribution in [2.24, 2.45) is 5.73 Å². The fraction of sp³-hybridized carbons (Fsp3) is 0.250. The van der Waals surface area contributed by atoms with Crippen molar-refractivity contribution in [1.82, 2.24) is 19.2 Å². The number of benzene rings is 3. The molecule has 0 radical (unpaired) electrons. The average molecular weight is 520 g/mol. The second-order valence-electron chi connectivity index (χ2n) is 10.5. The summed E-state index contributed by atoms with van der Waals surface area (Å²) in [6.07, 6.45) is 4.36. The summed E-state index contributed by atoms with van der Waals surface area (Å²) in [6.45, 7) is 4.89. The predicted molar refractivity (Wildman–Crippen MR) is 154 cm³/mol. The number of fused-ring (bicyclic) bond motifs is 1. The highest BCUT2D eigenvalue weighted by atomic mass is 16.3. The zero-order chi connectivity index (χ0) is 26.9. The number of primary amides is 1. The first-order valence-electron chi connectivity index (χ1n) is 13.5. The fourth-order valence-corrected chi connectivity index (χ4v) is 5.66. The highest BCUT2D eigenvalue weighted by Crippen LogP contribution is 2.25. The van der Waals surface area contributed by atoms with Gasteiger partial charge in [-0.2, -0.15) is 5.10 Å². The number of likely N-dealkylation sites (tertiary alicyclic amines) is 1. The summed E-state index contributed by atoms with van der Waals surface area (Å²) in [6, 6.07) is 27.9. The summed E-state index contributed by atoms with van der Waals surface area (Å²) in [5.41, 5.74) is 13.5. The fourth-order valence-electron chi connectivity index (χ4n) is 5.66. The molecule has 5 aromatic rings. The number of aromatic nitrogens is 3. The molecule has 0 unspecified atom stereocenters. The molecule has 3 aromatic carbocycles. The van der Waals surface area contributed by atoms with Crippen molar-refractivity contribution in [3.05, 3.63) is 108 Å². The number of nitrogens with two attached hydrogens (primary N) is 1. The van der Waals surface area contributed by atoms with E-state index in [1.54, 1.807) is 10.7 Å². The van der Waals surface area contributed by atoms with Crippen LogP contribution in [0.2, 0.25) is 0 Å². The van der Waals surface area contributed by atoms with Gasteiger partial charge in [-0.05, 0) is 78.9 Å². The lowest BCUT2D eigenvalue weighted by Crippen LogP contribution is -2.31. The van der Waals surface area contributed by atoms with Gasteiger partial charge in [-0.3, -0.25) is 9.69 Å². The first-order valence-corrected chi connectivity index (χ1v) is 13.5. The van der Waals surface area contributed by atoms with E-state index >= 15 is 0 Å². The molecule has 7 heteroatoms. The second-order valence-corrected chi connectivity index (χ2v) is 10.5. The van der Waals surface area contributed by atoms with E-state index in [9.17, 15) is 9.90 Å². The van der Waals surface area contributed by atoms with E-state index in [1.807, 2.05) is 13.0 Å². The molecule has 0 bridgehead atoms. The van der Waals surface area contributed by atoms with Gasteiger partial charge in [-0.25, -0.2) is 4.68 Å². The van der Waals surface area contributed by atoms with E-state index in [1.165, 1.54) is 28.7 Å². The molecule has 7 nitrogen and oxygen atoms in total. The summed E-state index contributed by atoms with van der Waals surface area (Å²) >= 11 is 0. The lowest BCUT2D eigenvalue weighted by molar-refractivity contribution is 0.0995. The van der Waals surface area contributed by atoms with Gasteiger partial charge in [0.1, 0.15) is 0 Å². The molecule has 1 saturated heterocycles. The SMILES string of the molecule is Cc1cc(C(N)=O)nn1-c1ccc2c(ccn2Cc2ccc(-c3ccc(CN4CCC[C@H]4CO)cc3)cc2)c1. The van der Waals surface area contributed by atoms with Crippen molar-refractivity contribution in [3.8, 4) is 16.8 Å². The molecule has 1 amide bonds. The van der Waals surface area contributed by atoms with Crippen LogP contribution in [0.4, 0.5) is 0 Å². The zero-order valence-corrected chi connectivity index (χ0v) is 22.1. The molecule has 1 atom stereocenters. The third-order valence-electron chi connectivity index (χ3n) is 7.83. The summed E-state index contributed by atoms with van der Waals surface area (Å²) < 4.78 is 3.99. The molecule has 2 aromatic heterocycles. The van der Waals surface area contributed by atoms with Gasteiger partial charge in [-0.15, -0.1) is 0 Å². The van der Waals surface area contributed by atoms with Gasteiger partial charge in [0.15, 0.2) is 5.69 Å². The van der Waals surface area contributed by atoms with E-state index in [2.05, 4.69) is 87.5 Å². The normalized spacial score (nSPS) is 15.8. The van der Waals surface area contributed by atoms with Gasteiger partial charge >= 0.3 is 0 Å². The number of nitrogens with zero attached hydrogens (tertiary/aromatic N) is 4. The number of hydrogen-bond donors (Lipinski definition) is 2. The van der Waals surface area contributed by atoms with Crippen LogP contribution in [0.15, 0.2) is 85.1 Å². The zero-order valence-electron chi connectivity index (χ0n) is 22.1. The van der Waals surface area contributed by atoms with Crippen molar-refractivity contribution < 1.29 is 9.90 Å². The third kappa shape index (κ3) is 5.11. The van der Waals surface area contributed by atoms with Crippen LogP contribution in [0.1, 0.15) is 40.2 Å². The smallest absolute Gasteiger partial charge is 0.269 e. The lowest BCUT2D eigenvalue weighted by Gasteiger charge is -2.22. The Morgan fingerprint density at radius 3 is 2.28 bits per heavy atom. The Labute approximate surface area is 228 Å². The maximum Gasteiger partial charge on any atom is 0.269 e. The van der Waals surface area contributed by atoms with Crippen LogP contribution in [-0.2, 0) is 13.1 Å². The van der Waals surface area contributed by atoms with Crippen molar-refractivity contribution in [2.45, 2.75) is 38.9 Å². The number of rotatable bonds is 8. The Morgan fingerprint density at radius 2 is 1.64 bits per heavy atom. The topological polar surface area (TPSA) is 89.3 Å². The summed E-state index contributed by atoms with van der Waals surface area (Å²) in [5.74, 6) is -0.526. The minimum absolute atomic E-state index is 0.244. The quantitative estimate of drug-likeness (QED) is 0.305. The van der Waals surface area contributed by atoms with Crippen molar-refractivity contribution >= 4 is 16.8 Å². The largest absolute Gasteiger partial charge is 0.395 e. The summed E-state index contributed by atoms with van der Waals surface area (Å²) in [4.78, 5) is 13.9. The summed E-state index contributed by atoms with van der Waals surface area (Å²) in [5, 5.41) is 15.0. The Hall–Kier alpha value is -4.20. The minimum atomic E-state index is -0.526. The van der Waals surface area contributed by atoms with Crippen LogP contribution >= 0.6 is 0 Å². The molecule has 39 heavy (non-hydrogen) atoms. The minimum Gasteiger partial charge on any atom is -0.395 e. The Balaban J connectivity index is 1.15. The molecule has 6 rings (SSSR count). The number of aryl methyl sites for hydroxylation is 1. The summed E-state index contributed by atoms with van der Waals surface area (Å²) in [7, 11) is 0. The first-order chi connectivity index (χ1) is 19.0. The van der Waals surface area contributed by atoms with Crippen LogP contribution in [0, 0.1) is 6.92 Å². The van der Waals surface area contributed by atoms with Crippen molar-refractivity contribution in [2.75, 3.05) is 13.2 Å². The van der Waals surface area contributed by atoms with Gasteiger partial charge in [0.2, 0.25) is 0 Å². The standard InChI is InChI=1S/C32H33N5O2/c1-22-17-30(32(33)39)34-37(22)28-12-13-31-27(18-28)14-16-36(31)20-24-6-10-26(11-7-24)25-8-4-23(5-9-25)19-35-15-2-3-29(35)21-38/h4-14,16-18,29,38H,2-3,15,19-21H2,1H3,(H2,33,39)/t29-/m0/s1. The van der Waals surface area contributed by atoms with E-state index in [-0.39, 0.29) is 12.3 Å². The van der Waals surface area contributed by atoms with Crippen LogP contribution < -0.4 is 5.73 Å². The van der Waals surface area contributed by atoms with E-state index in [0.29, 0.717) is 6.04 Å². The number of aliphatic hydroxyl groups excluding tert-OH is 1. The number of amides is 1. The Morgan fingerprint density at radius 1 is 0.949 bits per heavy atom. The molecular weight excluding hydrogens is 486 g/mol. The van der Waals surface area contributed by atoms with Crippen LogP contribution in [0.25, 0.3) is 27.7 Å². The number of hydrogen-bond acceptors (Lipinski definition) is 4. The maximum absolute atomic E-state index is 11.5.